The second kappa shape index (κ2) is 6.35. The van der Waals surface area contributed by atoms with Gasteiger partial charge in [0.1, 0.15) is 0 Å². The number of benzene rings is 2. The molecule has 5 nitrogen and oxygen atoms in total. The molecule has 6 heteroatoms. The molecule has 0 fully saturated rings. The standard InChI is InChI=1S/C19H21NO4S/c1-14-17-13-19-18(23-10-5-11-24-19)12-15(17)8-9-20(14)25(21,22)16-6-3-2-4-7-16/h2-4,6-7,12-14H,5,8-11H2,1H3/t14-/m0/s1. The van der Waals surface area contributed by atoms with Crippen LogP contribution in [0, 0.1) is 0 Å². The van der Waals surface area contributed by atoms with Gasteiger partial charge in [0.05, 0.1) is 18.1 Å². The van der Waals surface area contributed by atoms with Crippen molar-refractivity contribution in [2.45, 2.75) is 30.7 Å². The highest BCUT2D eigenvalue weighted by Gasteiger charge is 2.34. The molecular formula is C19H21NO4S. The highest BCUT2D eigenvalue weighted by atomic mass is 32.2. The van der Waals surface area contributed by atoms with E-state index < -0.39 is 10.0 Å². The lowest BCUT2D eigenvalue weighted by Gasteiger charge is -2.34. The van der Waals surface area contributed by atoms with Crippen LogP contribution in [0.15, 0.2) is 47.4 Å². The van der Waals surface area contributed by atoms with Crippen molar-refractivity contribution in [3.05, 3.63) is 53.6 Å². The largest absolute Gasteiger partial charge is 0.490 e. The van der Waals surface area contributed by atoms with Crippen molar-refractivity contribution >= 4 is 10.0 Å². The average molecular weight is 359 g/mol. The summed E-state index contributed by atoms with van der Waals surface area (Å²) in [5.41, 5.74) is 2.13. The van der Waals surface area contributed by atoms with Gasteiger partial charge < -0.3 is 9.47 Å². The van der Waals surface area contributed by atoms with Crippen LogP contribution in [0.4, 0.5) is 0 Å². The number of hydrogen-bond acceptors (Lipinski definition) is 4. The number of sulfonamides is 1. The molecule has 0 aromatic heterocycles. The van der Waals surface area contributed by atoms with Gasteiger partial charge in [0, 0.05) is 19.0 Å². The van der Waals surface area contributed by atoms with Gasteiger partial charge in [0.15, 0.2) is 11.5 Å². The maximum atomic E-state index is 13.0. The zero-order valence-electron chi connectivity index (χ0n) is 14.1. The average Bonchev–Trinajstić information content (AvgIpc) is 2.86. The van der Waals surface area contributed by atoms with Crippen LogP contribution >= 0.6 is 0 Å². The van der Waals surface area contributed by atoms with Crippen LogP contribution in [-0.2, 0) is 16.4 Å². The van der Waals surface area contributed by atoms with Crippen molar-refractivity contribution in [3.63, 3.8) is 0 Å². The number of hydrogen-bond donors (Lipinski definition) is 0. The molecule has 0 radical (unpaired) electrons. The summed E-state index contributed by atoms with van der Waals surface area (Å²) in [7, 11) is -3.52. The third kappa shape index (κ3) is 2.89. The molecule has 2 aliphatic heterocycles. The van der Waals surface area contributed by atoms with Crippen molar-refractivity contribution < 1.29 is 17.9 Å². The first-order valence-electron chi connectivity index (χ1n) is 8.57. The Bertz CT molecular complexity index is 880. The predicted octanol–water partition coefficient (Wildman–Crippen LogP) is 3.16. The summed E-state index contributed by atoms with van der Waals surface area (Å²) < 4.78 is 39.2. The van der Waals surface area contributed by atoms with Crippen LogP contribution in [-0.4, -0.2) is 32.5 Å². The summed E-state index contributed by atoms with van der Waals surface area (Å²) in [4.78, 5) is 0.333. The highest BCUT2D eigenvalue weighted by molar-refractivity contribution is 7.89. The molecule has 2 aromatic rings. The van der Waals surface area contributed by atoms with E-state index in [1.165, 1.54) is 0 Å². The molecule has 0 saturated carbocycles. The molecule has 0 saturated heterocycles. The van der Waals surface area contributed by atoms with Crippen molar-refractivity contribution in [2.24, 2.45) is 0 Å². The third-order valence-electron chi connectivity index (χ3n) is 4.84. The molecule has 25 heavy (non-hydrogen) atoms. The van der Waals surface area contributed by atoms with E-state index in [2.05, 4.69) is 0 Å². The first kappa shape index (κ1) is 16.4. The van der Waals surface area contributed by atoms with Gasteiger partial charge in [0.2, 0.25) is 10.0 Å². The van der Waals surface area contributed by atoms with Crippen molar-refractivity contribution in [1.82, 2.24) is 4.31 Å². The Morgan fingerprint density at radius 3 is 2.44 bits per heavy atom. The van der Waals surface area contributed by atoms with Crippen molar-refractivity contribution in [3.8, 4) is 11.5 Å². The number of ether oxygens (including phenoxy) is 2. The summed E-state index contributed by atoms with van der Waals surface area (Å²) in [6.45, 7) is 3.66. The van der Waals surface area contributed by atoms with E-state index >= 15 is 0 Å². The van der Waals surface area contributed by atoms with E-state index in [1.807, 2.05) is 25.1 Å². The molecule has 0 spiro atoms. The topological polar surface area (TPSA) is 55.8 Å². The van der Waals surface area contributed by atoms with E-state index in [-0.39, 0.29) is 6.04 Å². The quantitative estimate of drug-likeness (QED) is 0.826. The fraction of sp³-hybridized carbons (Fsp3) is 0.368. The lowest BCUT2D eigenvalue weighted by molar-refractivity contribution is 0.296. The van der Waals surface area contributed by atoms with Crippen LogP contribution in [0.3, 0.4) is 0 Å². The molecular weight excluding hydrogens is 338 g/mol. The molecule has 132 valence electrons. The lowest BCUT2D eigenvalue weighted by atomic mass is 9.94. The van der Waals surface area contributed by atoms with Crippen LogP contribution in [0.2, 0.25) is 0 Å². The van der Waals surface area contributed by atoms with Gasteiger partial charge in [-0.1, -0.05) is 18.2 Å². The van der Waals surface area contributed by atoms with Gasteiger partial charge in [-0.15, -0.1) is 0 Å². The van der Waals surface area contributed by atoms with Crippen LogP contribution in [0.5, 0.6) is 11.5 Å². The van der Waals surface area contributed by atoms with E-state index in [0.29, 0.717) is 36.8 Å². The Balaban J connectivity index is 1.72. The van der Waals surface area contributed by atoms with Gasteiger partial charge in [-0.2, -0.15) is 4.31 Å². The maximum Gasteiger partial charge on any atom is 0.243 e. The van der Waals surface area contributed by atoms with E-state index in [4.69, 9.17) is 9.47 Å². The SMILES string of the molecule is C[C@H]1c2cc3c(cc2CCN1S(=O)(=O)c1ccccc1)OCCCO3. The minimum absolute atomic E-state index is 0.244. The molecule has 0 bridgehead atoms. The number of nitrogens with zero attached hydrogens (tertiary/aromatic N) is 1. The molecule has 4 rings (SSSR count). The van der Waals surface area contributed by atoms with Gasteiger partial charge >= 0.3 is 0 Å². The fourth-order valence-electron chi connectivity index (χ4n) is 3.51. The molecule has 0 unspecified atom stereocenters. The Labute approximate surface area is 148 Å². The van der Waals surface area contributed by atoms with Gasteiger partial charge in [-0.3, -0.25) is 0 Å². The number of fused-ring (bicyclic) bond motifs is 2. The molecule has 1 atom stereocenters. The zero-order chi connectivity index (χ0) is 17.4. The highest BCUT2D eigenvalue weighted by Crippen LogP contribution is 2.40. The second-order valence-corrected chi connectivity index (χ2v) is 8.29. The smallest absolute Gasteiger partial charge is 0.243 e. The normalized spacial score (nSPS) is 20.6. The Kier molecular flexibility index (Phi) is 4.17. The maximum absolute atomic E-state index is 13.0. The van der Waals surface area contributed by atoms with Gasteiger partial charge in [-0.05, 0) is 48.7 Å². The van der Waals surface area contributed by atoms with Crippen LogP contribution in [0.1, 0.15) is 30.5 Å². The van der Waals surface area contributed by atoms with Crippen molar-refractivity contribution in [2.75, 3.05) is 19.8 Å². The van der Waals surface area contributed by atoms with Crippen LogP contribution < -0.4 is 9.47 Å². The zero-order valence-corrected chi connectivity index (χ0v) is 15.0. The Morgan fingerprint density at radius 1 is 1.04 bits per heavy atom. The summed E-state index contributed by atoms with van der Waals surface area (Å²) in [6.07, 6.45) is 1.52. The molecule has 2 aromatic carbocycles. The molecule has 0 aliphatic carbocycles. The van der Waals surface area contributed by atoms with Gasteiger partial charge in [-0.25, -0.2) is 8.42 Å². The monoisotopic (exact) mass is 359 g/mol. The fourth-order valence-corrected chi connectivity index (χ4v) is 5.14. The summed E-state index contributed by atoms with van der Waals surface area (Å²) >= 11 is 0. The lowest BCUT2D eigenvalue weighted by Crippen LogP contribution is -2.38. The third-order valence-corrected chi connectivity index (χ3v) is 6.83. The molecule has 2 aliphatic rings. The Hall–Kier alpha value is -2.05. The van der Waals surface area contributed by atoms with Gasteiger partial charge in [0.25, 0.3) is 0 Å². The second-order valence-electron chi connectivity index (χ2n) is 6.40. The predicted molar refractivity (Wildman–Crippen MR) is 94.5 cm³/mol. The minimum atomic E-state index is -3.52. The number of rotatable bonds is 2. The Morgan fingerprint density at radius 2 is 1.72 bits per heavy atom. The van der Waals surface area contributed by atoms with Crippen molar-refractivity contribution in [1.29, 1.82) is 0 Å². The van der Waals surface area contributed by atoms with E-state index in [1.54, 1.807) is 28.6 Å². The summed E-state index contributed by atoms with van der Waals surface area (Å²) in [6, 6.07) is 12.3. The molecule has 0 N–H and O–H groups in total. The molecule has 0 amide bonds. The first-order chi connectivity index (χ1) is 12.1. The van der Waals surface area contributed by atoms with E-state index in [9.17, 15) is 8.42 Å². The minimum Gasteiger partial charge on any atom is -0.490 e. The first-order valence-corrected chi connectivity index (χ1v) is 10.0. The summed E-state index contributed by atoms with van der Waals surface area (Å²) in [5.74, 6) is 1.48. The summed E-state index contributed by atoms with van der Waals surface area (Å²) in [5, 5.41) is 0. The molecule has 2 heterocycles. The van der Waals surface area contributed by atoms with Crippen LogP contribution in [0.25, 0.3) is 0 Å². The van der Waals surface area contributed by atoms with E-state index in [0.717, 1.165) is 23.3 Å².